The van der Waals surface area contributed by atoms with Crippen molar-refractivity contribution >= 4 is 11.8 Å². The molecule has 0 fully saturated rings. The van der Waals surface area contributed by atoms with Crippen LogP contribution in [0.3, 0.4) is 0 Å². The highest BCUT2D eigenvalue weighted by molar-refractivity contribution is 5.95. The summed E-state index contributed by atoms with van der Waals surface area (Å²) in [6, 6.07) is 10.2. The predicted molar refractivity (Wildman–Crippen MR) is 103 cm³/mol. The molecule has 142 valence electrons. The van der Waals surface area contributed by atoms with Crippen LogP contribution in [0, 0.1) is 0 Å². The molecule has 1 N–H and O–H groups in total. The van der Waals surface area contributed by atoms with Crippen LogP contribution in [0.5, 0.6) is 5.75 Å². The van der Waals surface area contributed by atoms with Gasteiger partial charge in [-0.15, -0.1) is 13.2 Å². The summed E-state index contributed by atoms with van der Waals surface area (Å²) >= 11 is 0. The van der Waals surface area contributed by atoms with Gasteiger partial charge in [-0.25, -0.2) is 4.68 Å². The van der Waals surface area contributed by atoms with Crippen LogP contribution in [-0.2, 0) is 11.5 Å². The van der Waals surface area contributed by atoms with Crippen molar-refractivity contribution in [3.05, 3.63) is 73.6 Å². The van der Waals surface area contributed by atoms with E-state index < -0.39 is 11.9 Å². The SMILES string of the molecule is C=CCN(CC=C)C(=O)C(C)NC(=O)c1ccn(COc2ccccc2)n1. The van der Waals surface area contributed by atoms with Gasteiger partial charge in [0.1, 0.15) is 17.5 Å². The molecule has 0 saturated carbocycles. The Morgan fingerprint density at radius 2 is 1.89 bits per heavy atom. The molecule has 1 unspecified atom stereocenters. The van der Waals surface area contributed by atoms with Gasteiger partial charge < -0.3 is 15.0 Å². The summed E-state index contributed by atoms with van der Waals surface area (Å²) < 4.78 is 7.09. The Morgan fingerprint density at radius 1 is 1.22 bits per heavy atom. The summed E-state index contributed by atoms with van der Waals surface area (Å²) in [6.45, 7) is 9.85. The molecule has 0 aliphatic rings. The fraction of sp³-hybridized carbons (Fsp3) is 0.250. The molecule has 1 atom stereocenters. The van der Waals surface area contributed by atoms with E-state index in [1.54, 1.807) is 36.2 Å². The summed E-state index contributed by atoms with van der Waals surface area (Å²) in [6.07, 6.45) is 4.90. The number of rotatable bonds is 10. The van der Waals surface area contributed by atoms with Crippen LogP contribution in [0.2, 0.25) is 0 Å². The maximum absolute atomic E-state index is 12.4. The number of nitrogens with zero attached hydrogens (tertiary/aromatic N) is 3. The molecule has 2 amide bonds. The topological polar surface area (TPSA) is 76.5 Å². The lowest BCUT2D eigenvalue weighted by Gasteiger charge is -2.23. The summed E-state index contributed by atoms with van der Waals surface area (Å²) in [4.78, 5) is 26.3. The number of hydrogen-bond acceptors (Lipinski definition) is 4. The van der Waals surface area contributed by atoms with Gasteiger partial charge in [0.15, 0.2) is 6.73 Å². The number of hydrogen-bond donors (Lipinski definition) is 1. The van der Waals surface area contributed by atoms with Crippen LogP contribution in [0.1, 0.15) is 17.4 Å². The molecule has 7 heteroatoms. The summed E-state index contributed by atoms with van der Waals surface area (Å²) in [5.74, 6) is 0.0733. The lowest BCUT2D eigenvalue weighted by Crippen LogP contribution is -2.47. The normalized spacial score (nSPS) is 11.3. The molecule has 0 radical (unpaired) electrons. The maximum Gasteiger partial charge on any atom is 0.272 e. The van der Waals surface area contributed by atoms with Crippen LogP contribution in [0.15, 0.2) is 67.9 Å². The minimum Gasteiger partial charge on any atom is -0.471 e. The fourth-order valence-electron chi connectivity index (χ4n) is 2.38. The Labute approximate surface area is 158 Å². The van der Waals surface area contributed by atoms with Crippen LogP contribution < -0.4 is 10.1 Å². The number of ether oxygens (including phenoxy) is 1. The molecule has 1 aromatic heterocycles. The quantitative estimate of drug-likeness (QED) is 0.653. The van der Waals surface area contributed by atoms with Gasteiger partial charge in [-0.1, -0.05) is 30.4 Å². The molecule has 2 aromatic rings. The average Bonchev–Trinajstić information content (AvgIpc) is 3.15. The van der Waals surface area contributed by atoms with Gasteiger partial charge in [-0.2, -0.15) is 5.10 Å². The number of nitrogens with one attached hydrogen (secondary N) is 1. The van der Waals surface area contributed by atoms with E-state index in [9.17, 15) is 9.59 Å². The lowest BCUT2D eigenvalue weighted by molar-refractivity contribution is -0.131. The Hall–Kier alpha value is -3.35. The third-order valence-electron chi connectivity index (χ3n) is 3.71. The molecule has 0 spiro atoms. The Kier molecular flexibility index (Phi) is 7.37. The average molecular weight is 368 g/mol. The van der Waals surface area contributed by atoms with E-state index >= 15 is 0 Å². The monoisotopic (exact) mass is 368 g/mol. The summed E-state index contributed by atoms with van der Waals surface area (Å²) in [7, 11) is 0. The number of carbonyl (C=O) groups excluding carboxylic acids is 2. The van der Waals surface area contributed by atoms with Crippen LogP contribution in [0.25, 0.3) is 0 Å². The van der Waals surface area contributed by atoms with E-state index in [2.05, 4.69) is 23.6 Å². The van der Waals surface area contributed by atoms with Gasteiger partial charge in [0.2, 0.25) is 5.91 Å². The summed E-state index contributed by atoms with van der Waals surface area (Å²) in [5.41, 5.74) is 0.213. The zero-order valence-corrected chi connectivity index (χ0v) is 15.4. The number of para-hydroxylation sites is 1. The second-order valence-electron chi connectivity index (χ2n) is 5.84. The minimum absolute atomic E-state index is 0.179. The van der Waals surface area contributed by atoms with E-state index in [0.29, 0.717) is 18.8 Å². The summed E-state index contributed by atoms with van der Waals surface area (Å²) in [5, 5.41) is 6.84. The Morgan fingerprint density at radius 3 is 2.52 bits per heavy atom. The second-order valence-corrected chi connectivity index (χ2v) is 5.84. The van der Waals surface area contributed by atoms with Gasteiger partial charge in [-0.05, 0) is 25.1 Å². The van der Waals surface area contributed by atoms with Gasteiger partial charge in [0.05, 0.1) is 0 Å². The highest BCUT2D eigenvalue weighted by atomic mass is 16.5. The number of benzene rings is 1. The third-order valence-corrected chi connectivity index (χ3v) is 3.71. The van der Waals surface area contributed by atoms with Crippen LogP contribution in [0.4, 0.5) is 0 Å². The smallest absolute Gasteiger partial charge is 0.272 e. The first-order valence-corrected chi connectivity index (χ1v) is 8.58. The van der Waals surface area contributed by atoms with Gasteiger partial charge in [0, 0.05) is 19.3 Å². The molecular weight excluding hydrogens is 344 g/mol. The van der Waals surface area contributed by atoms with Crippen LogP contribution >= 0.6 is 0 Å². The molecule has 0 aliphatic carbocycles. The minimum atomic E-state index is -0.692. The molecule has 7 nitrogen and oxygen atoms in total. The predicted octanol–water partition coefficient (Wildman–Crippen LogP) is 2.24. The first kappa shape index (κ1) is 20.0. The third kappa shape index (κ3) is 5.85. The van der Waals surface area contributed by atoms with Crippen molar-refractivity contribution in [1.82, 2.24) is 20.0 Å². The molecular formula is C20H24N4O3. The zero-order chi connectivity index (χ0) is 19.6. The highest BCUT2D eigenvalue weighted by Gasteiger charge is 2.22. The first-order chi connectivity index (χ1) is 13.0. The van der Waals surface area contributed by atoms with Crippen molar-refractivity contribution in [3.8, 4) is 5.75 Å². The van der Waals surface area contributed by atoms with E-state index in [-0.39, 0.29) is 18.3 Å². The van der Waals surface area contributed by atoms with Crippen molar-refractivity contribution in [2.45, 2.75) is 19.7 Å². The van der Waals surface area contributed by atoms with E-state index in [1.807, 2.05) is 30.3 Å². The van der Waals surface area contributed by atoms with Gasteiger partial charge in [-0.3, -0.25) is 9.59 Å². The molecule has 1 aromatic carbocycles. The molecule has 0 saturated heterocycles. The highest BCUT2D eigenvalue weighted by Crippen LogP contribution is 2.09. The van der Waals surface area contributed by atoms with E-state index in [0.717, 1.165) is 0 Å². The van der Waals surface area contributed by atoms with Crippen molar-refractivity contribution in [2.75, 3.05) is 13.1 Å². The van der Waals surface area contributed by atoms with Gasteiger partial charge >= 0.3 is 0 Å². The van der Waals surface area contributed by atoms with Crippen molar-refractivity contribution in [1.29, 1.82) is 0 Å². The molecule has 2 rings (SSSR count). The number of carbonyl (C=O) groups is 2. The van der Waals surface area contributed by atoms with Gasteiger partial charge in [0.25, 0.3) is 5.91 Å². The molecule has 0 aliphatic heterocycles. The second kappa shape index (κ2) is 9.96. The zero-order valence-electron chi connectivity index (χ0n) is 15.4. The van der Waals surface area contributed by atoms with Crippen molar-refractivity contribution < 1.29 is 14.3 Å². The Balaban J connectivity index is 1.91. The standard InChI is InChI=1S/C20H24N4O3/c1-4-12-23(13-5-2)20(26)16(3)21-19(25)18-11-14-24(22-18)15-27-17-9-7-6-8-10-17/h4-11,14,16H,1-2,12-13,15H2,3H3,(H,21,25). The largest absolute Gasteiger partial charge is 0.471 e. The maximum atomic E-state index is 12.4. The van der Waals surface area contributed by atoms with Crippen molar-refractivity contribution in [2.24, 2.45) is 0 Å². The Bertz CT molecular complexity index is 776. The number of aromatic nitrogens is 2. The number of amides is 2. The molecule has 0 bridgehead atoms. The van der Waals surface area contributed by atoms with Crippen LogP contribution in [-0.4, -0.2) is 45.6 Å². The molecule has 27 heavy (non-hydrogen) atoms. The first-order valence-electron chi connectivity index (χ1n) is 8.58. The lowest BCUT2D eigenvalue weighted by atomic mass is 10.2. The fourth-order valence-corrected chi connectivity index (χ4v) is 2.38. The van der Waals surface area contributed by atoms with E-state index in [4.69, 9.17) is 4.74 Å². The van der Waals surface area contributed by atoms with E-state index in [1.165, 1.54) is 4.68 Å². The van der Waals surface area contributed by atoms with Crippen molar-refractivity contribution in [3.63, 3.8) is 0 Å². The molecule has 1 heterocycles.